The van der Waals surface area contributed by atoms with Gasteiger partial charge in [-0.05, 0) is 49.9 Å². The first-order chi connectivity index (χ1) is 12.5. The Morgan fingerprint density at radius 2 is 1.88 bits per heavy atom. The molecule has 0 saturated carbocycles. The van der Waals surface area contributed by atoms with Gasteiger partial charge in [0.2, 0.25) is 10.0 Å². The number of hydrogen-bond acceptors (Lipinski definition) is 5. The van der Waals surface area contributed by atoms with Crippen molar-refractivity contribution in [1.29, 1.82) is 0 Å². The van der Waals surface area contributed by atoms with E-state index >= 15 is 0 Å². The molecule has 0 unspecified atom stereocenters. The molecule has 9 heteroatoms. The van der Waals surface area contributed by atoms with Crippen molar-refractivity contribution >= 4 is 33.2 Å². The molecule has 2 aliphatic heterocycles. The van der Waals surface area contributed by atoms with Crippen LogP contribution in [-0.2, 0) is 24.3 Å². The van der Waals surface area contributed by atoms with Crippen LogP contribution in [0.25, 0.3) is 0 Å². The highest BCUT2D eigenvalue weighted by atomic mass is 32.2. The molecule has 0 radical (unpaired) electrons. The predicted molar refractivity (Wildman–Crippen MR) is 97.4 cm³/mol. The minimum absolute atomic E-state index is 0.0301. The van der Waals surface area contributed by atoms with Crippen LogP contribution in [0.3, 0.4) is 0 Å². The lowest BCUT2D eigenvalue weighted by molar-refractivity contribution is -0.136. The second-order valence-corrected chi connectivity index (χ2v) is 8.45. The third-order valence-electron chi connectivity index (χ3n) is 4.48. The maximum absolute atomic E-state index is 12.1. The molecule has 2 N–H and O–H groups in total. The van der Waals surface area contributed by atoms with Crippen LogP contribution in [0.5, 0.6) is 0 Å². The summed E-state index contributed by atoms with van der Waals surface area (Å²) in [5.74, 6) is -1.33. The maximum atomic E-state index is 12.1. The summed E-state index contributed by atoms with van der Waals surface area (Å²) >= 11 is 0. The number of benzene rings is 1. The first-order valence-corrected chi connectivity index (χ1v) is 10.4. The molecule has 0 spiro atoms. The lowest BCUT2D eigenvalue weighted by Gasteiger charge is -2.28. The van der Waals surface area contributed by atoms with Gasteiger partial charge in [0.25, 0.3) is 0 Å². The first kappa shape index (κ1) is 18.7. The normalized spacial score (nSPS) is 22.0. The molecule has 1 aromatic carbocycles. The zero-order chi connectivity index (χ0) is 18.6. The van der Waals surface area contributed by atoms with Gasteiger partial charge in [0, 0.05) is 25.4 Å². The highest BCUT2D eigenvalue weighted by Gasteiger charge is 2.26. The second-order valence-electron chi connectivity index (χ2n) is 6.44. The van der Waals surface area contributed by atoms with E-state index in [2.05, 4.69) is 10.6 Å². The third kappa shape index (κ3) is 4.53. The number of carbonyl (C=O) groups is 2. The number of hydrogen-bond donors (Lipinski definition) is 2. The van der Waals surface area contributed by atoms with Gasteiger partial charge in [0.05, 0.1) is 17.5 Å². The Morgan fingerprint density at radius 3 is 2.54 bits per heavy atom. The zero-order valence-electron chi connectivity index (χ0n) is 14.4. The van der Waals surface area contributed by atoms with E-state index in [1.54, 1.807) is 24.3 Å². The van der Waals surface area contributed by atoms with Crippen molar-refractivity contribution in [3.8, 4) is 0 Å². The summed E-state index contributed by atoms with van der Waals surface area (Å²) in [7, 11) is -3.27. The van der Waals surface area contributed by atoms with Crippen molar-refractivity contribution in [1.82, 2.24) is 5.32 Å². The molecule has 2 saturated heterocycles. The molecular formula is C17H23N3O5S. The van der Waals surface area contributed by atoms with Crippen LogP contribution in [0.4, 0.5) is 11.4 Å². The van der Waals surface area contributed by atoms with E-state index in [9.17, 15) is 18.0 Å². The van der Waals surface area contributed by atoms with E-state index < -0.39 is 21.8 Å². The fraction of sp³-hybridized carbons (Fsp3) is 0.529. The van der Waals surface area contributed by atoms with E-state index in [-0.39, 0.29) is 11.9 Å². The van der Waals surface area contributed by atoms with E-state index in [1.165, 1.54) is 4.31 Å². The van der Waals surface area contributed by atoms with Gasteiger partial charge >= 0.3 is 11.8 Å². The zero-order valence-corrected chi connectivity index (χ0v) is 15.3. The molecule has 0 aliphatic carbocycles. The van der Waals surface area contributed by atoms with Crippen LogP contribution in [0.15, 0.2) is 24.3 Å². The largest absolute Gasteiger partial charge is 0.376 e. The van der Waals surface area contributed by atoms with Gasteiger partial charge in [0.15, 0.2) is 0 Å². The lowest BCUT2D eigenvalue weighted by atomic mass is 10.2. The molecule has 2 amide bonds. The Kier molecular flexibility index (Phi) is 5.77. The van der Waals surface area contributed by atoms with Crippen molar-refractivity contribution in [3.63, 3.8) is 0 Å². The fourth-order valence-electron chi connectivity index (χ4n) is 3.07. The van der Waals surface area contributed by atoms with Gasteiger partial charge in [-0.15, -0.1) is 0 Å². The Labute approximate surface area is 152 Å². The summed E-state index contributed by atoms with van der Waals surface area (Å²) < 4.78 is 31.0. The highest BCUT2D eigenvalue weighted by molar-refractivity contribution is 7.92. The van der Waals surface area contributed by atoms with E-state index in [4.69, 9.17) is 4.74 Å². The summed E-state index contributed by atoms with van der Waals surface area (Å²) in [6.45, 7) is 1.46. The van der Waals surface area contributed by atoms with Crippen LogP contribution in [-0.4, -0.2) is 51.8 Å². The predicted octanol–water partition coefficient (Wildman–Crippen LogP) is 0.850. The van der Waals surface area contributed by atoms with Crippen LogP contribution < -0.4 is 14.9 Å². The number of sulfonamides is 1. The average Bonchev–Trinajstić information content (AvgIpc) is 3.14. The van der Waals surface area contributed by atoms with Gasteiger partial charge in [0.1, 0.15) is 0 Å². The number of nitrogens with one attached hydrogen (secondary N) is 2. The van der Waals surface area contributed by atoms with Gasteiger partial charge in [-0.1, -0.05) is 0 Å². The average molecular weight is 381 g/mol. The molecule has 2 heterocycles. The molecule has 1 aromatic rings. The van der Waals surface area contributed by atoms with Crippen LogP contribution in [0, 0.1) is 0 Å². The van der Waals surface area contributed by atoms with E-state index in [0.717, 1.165) is 19.3 Å². The number of amides is 2. The molecule has 2 aliphatic rings. The SMILES string of the molecule is O=C(NC[C@@H]1CCCO1)C(=O)Nc1ccc(N2CCCCS2(=O)=O)cc1. The summed E-state index contributed by atoms with van der Waals surface area (Å²) in [6.07, 6.45) is 3.31. The van der Waals surface area contributed by atoms with Crippen LogP contribution in [0.2, 0.25) is 0 Å². The van der Waals surface area contributed by atoms with Crippen molar-refractivity contribution in [3.05, 3.63) is 24.3 Å². The summed E-state index contributed by atoms with van der Waals surface area (Å²) in [6, 6.07) is 6.43. The quantitative estimate of drug-likeness (QED) is 0.753. The third-order valence-corrected chi connectivity index (χ3v) is 6.35. The number of ether oxygens (including phenoxy) is 1. The minimum Gasteiger partial charge on any atom is -0.376 e. The number of rotatable bonds is 4. The van der Waals surface area contributed by atoms with Gasteiger partial charge < -0.3 is 15.4 Å². The lowest BCUT2D eigenvalue weighted by Crippen LogP contribution is -2.39. The maximum Gasteiger partial charge on any atom is 0.313 e. The standard InChI is InChI=1S/C17H23N3O5S/c21-16(18-12-15-4-3-10-25-15)17(22)19-13-5-7-14(8-6-13)20-9-1-2-11-26(20,23)24/h5-8,15H,1-4,9-12H2,(H,18,21)(H,19,22)/t15-/m0/s1. The molecule has 0 aromatic heterocycles. The fourth-order valence-corrected chi connectivity index (χ4v) is 4.71. The number of nitrogens with zero attached hydrogens (tertiary/aromatic N) is 1. The molecule has 142 valence electrons. The van der Waals surface area contributed by atoms with Gasteiger partial charge in [-0.25, -0.2) is 8.42 Å². The van der Waals surface area contributed by atoms with Crippen molar-refractivity contribution in [2.45, 2.75) is 31.8 Å². The van der Waals surface area contributed by atoms with Crippen LogP contribution >= 0.6 is 0 Å². The molecule has 3 rings (SSSR count). The first-order valence-electron chi connectivity index (χ1n) is 8.77. The Hall–Kier alpha value is -2.13. The highest BCUT2D eigenvalue weighted by Crippen LogP contribution is 2.24. The van der Waals surface area contributed by atoms with Crippen LogP contribution in [0.1, 0.15) is 25.7 Å². The topological polar surface area (TPSA) is 105 Å². The Morgan fingerprint density at radius 1 is 1.12 bits per heavy atom. The summed E-state index contributed by atoms with van der Waals surface area (Å²) in [4.78, 5) is 23.8. The molecular weight excluding hydrogens is 358 g/mol. The number of anilines is 2. The van der Waals surface area contributed by atoms with E-state index in [0.29, 0.717) is 37.5 Å². The summed E-state index contributed by atoms with van der Waals surface area (Å²) in [5, 5.41) is 5.06. The van der Waals surface area contributed by atoms with Crippen molar-refractivity contribution in [2.75, 3.05) is 35.1 Å². The molecule has 0 bridgehead atoms. The molecule has 2 fully saturated rings. The second kappa shape index (κ2) is 8.05. The van der Waals surface area contributed by atoms with Crippen molar-refractivity contribution < 1.29 is 22.7 Å². The Balaban J connectivity index is 1.54. The van der Waals surface area contributed by atoms with Gasteiger partial charge in [-0.3, -0.25) is 13.9 Å². The minimum atomic E-state index is -3.27. The Bertz CT molecular complexity index is 757. The molecule has 8 nitrogen and oxygen atoms in total. The van der Waals surface area contributed by atoms with Crippen molar-refractivity contribution in [2.24, 2.45) is 0 Å². The summed E-state index contributed by atoms with van der Waals surface area (Å²) in [5.41, 5.74) is 0.992. The molecule has 1 atom stereocenters. The smallest absolute Gasteiger partial charge is 0.313 e. The van der Waals surface area contributed by atoms with Gasteiger partial charge in [-0.2, -0.15) is 0 Å². The molecule has 26 heavy (non-hydrogen) atoms. The monoisotopic (exact) mass is 381 g/mol. The van der Waals surface area contributed by atoms with E-state index in [1.807, 2.05) is 0 Å². The number of carbonyl (C=O) groups excluding carboxylic acids is 2.